The first-order chi connectivity index (χ1) is 12.3. The van der Waals surface area contributed by atoms with Crippen LogP contribution in [-0.2, 0) is 13.2 Å². The Hall–Kier alpha value is -1.17. The lowest BCUT2D eigenvalue weighted by Gasteiger charge is -2.24. The predicted molar refractivity (Wildman–Crippen MR) is 107 cm³/mol. The zero-order chi connectivity index (χ0) is 19.3. The number of aliphatic hydroxyl groups is 1. The van der Waals surface area contributed by atoms with Gasteiger partial charge in [-0.25, -0.2) is 0 Å². The van der Waals surface area contributed by atoms with Crippen LogP contribution in [0.5, 0.6) is 11.5 Å². The number of methoxy groups -OCH3 is 1. The number of ether oxygens (including phenoxy) is 2. The van der Waals surface area contributed by atoms with Crippen LogP contribution in [0.25, 0.3) is 0 Å². The second-order valence-electron chi connectivity index (χ2n) is 6.48. The highest BCUT2D eigenvalue weighted by molar-refractivity contribution is 6.36. The van der Waals surface area contributed by atoms with Gasteiger partial charge in [-0.05, 0) is 37.6 Å². The molecule has 0 aliphatic heterocycles. The van der Waals surface area contributed by atoms with Crippen LogP contribution in [0, 0.1) is 0 Å². The van der Waals surface area contributed by atoms with Gasteiger partial charge in [-0.2, -0.15) is 0 Å². The van der Waals surface area contributed by atoms with Crippen LogP contribution in [0.4, 0.5) is 0 Å². The van der Waals surface area contributed by atoms with Gasteiger partial charge in [-0.3, -0.25) is 0 Å². The van der Waals surface area contributed by atoms with Gasteiger partial charge in [0.15, 0.2) is 11.5 Å². The number of hydrogen-bond acceptors (Lipinski definition) is 4. The summed E-state index contributed by atoms with van der Waals surface area (Å²) in [7, 11) is 1.56. The van der Waals surface area contributed by atoms with Crippen molar-refractivity contribution < 1.29 is 14.6 Å². The summed E-state index contributed by atoms with van der Waals surface area (Å²) in [6.07, 6.45) is 0. The lowest BCUT2D eigenvalue weighted by molar-refractivity contribution is 0.187. The van der Waals surface area contributed by atoms with Crippen LogP contribution < -0.4 is 14.8 Å². The average molecular weight is 419 g/mol. The third-order valence-electron chi connectivity index (χ3n) is 3.92. The fourth-order valence-corrected chi connectivity index (χ4v) is 2.92. The fraction of sp³-hybridized carbons (Fsp3) is 0.368. The van der Waals surface area contributed by atoms with Crippen molar-refractivity contribution in [2.45, 2.75) is 32.5 Å². The Balaban J connectivity index is 2.18. The number of aliphatic hydroxyl groups excluding tert-OH is 1. The van der Waals surface area contributed by atoms with E-state index in [1.54, 1.807) is 31.4 Å². The van der Waals surface area contributed by atoms with Gasteiger partial charge in [0.25, 0.3) is 0 Å². The highest BCUT2D eigenvalue weighted by Gasteiger charge is 2.18. The van der Waals surface area contributed by atoms with E-state index in [2.05, 4.69) is 5.32 Å². The molecular weight excluding hydrogens is 397 g/mol. The van der Waals surface area contributed by atoms with Gasteiger partial charge in [0.2, 0.25) is 0 Å². The van der Waals surface area contributed by atoms with E-state index in [1.165, 1.54) is 0 Å². The van der Waals surface area contributed by atoms with Crippen molar-refractivity contribution in [3.8, 4) is 11.5 Å². The summed E-state index contributed by atoms with van der Waals surface area (Å²) in [6.45, 7) is 4.51. The number of benzene rings is 2. The lowest BCUT2D eigenvalue weighted by atomic mass is 10.1. The Morgan fingerprint density at radius 3 is 2.27 bits per heavy atom. The summed E-state index contributed by atoms with van der Waals surface area (Å²) in [6, 6.07) is 8.81. The van der Waals surface area contributed by atoms with Gasteiger partial charge < -0.3 is 19.9 Å². The molecule has 2 aromatic rings. The van der Waals surface area contributed by atoms with Gasteiger partial charge in [0.05, 0.1) is 13.7 Å². The molecule has 142 valence electrons. The Morgan fingerprint density at radius 1 is 1.04 bits per heavy atom. The maximum Gasteiger partial charge on any atom is 0.163 e. The van der Waals surface area contributed by atoms with Crippen LogP contribution >= 0.6 is 34.8 Å². The van der Waals surface area contributed by atoms with Crippen molar-refractivity contribution >= 4 is 34.8 Å². The second kappa shape index (κ2) is 9.16. The molecule has 2 N–H and O–H groups in total. The third kappa shape index (κ3) is 5.41. The molecule has 2 aromatic carbocycles. The number of rotatable bonds is 8. The molecule has 0 aliphatic carbocycles. The molecule has 0 aliphatic rings. The number of halogens is 3. The smallest absolute Gasteiger partial charge is 0.163 e. The Morgan fingerprint density at radius 2 is 1.69 bits per heavy atom. The van der Waals surface area contributed by atoms with Gasteiger partial charge in [-0.1, -0.05) is 40.9 Å². The summed E-state index contributed by atoms with van der Waals surface area (Å²) in [5.41, 5.74) is 1.13. The summed E-state index contributed by atoms with van der Waals surface area (Å²) in [5.74, 6) is 1.05. The standard InChI is InChI=1S/C19H22Cl3NO3/c1-19(2,11-24)23-9-12-7-17(25-3)18(8-16(12)22)26-10-13-14(20)5-4-6-15(13)21/h4-8,23-24H,9-11H2,1-3H3. The minimum Gasteiger partial charge on any atom is -0.493 e. The van der Waals surface area contributed by atoms with Crippen LogP contribution in [0.2, 0.25) is 15.1 Å². The van der Waals surface area contributed by atoms with Crippen LogP contribution in [0.15, 0.2) is 30.3 Å². The zero-order valence-corrected chi connectivity index (χ0v) is 17.2. The molecule has 0 bridgehead atoms. The molecule has 0 amide bonds. The van der Waals surface area contributed by atoms with Crippen LogP contribution in [0.3, 0.4) is 0 Å². The Bertz CT molecular complexity index is 746. The van der Waals surface area contributed by atoms with Crippen LogP contribution in [0.1, 0.15) is 25.0 Å². The molecule has 0 unspecified atom stereocenters. The van der Waals surface area contributed by atoms with Crippen LogP contribution in [-0.4, -0.2) is 24.4 Å². The summed E-state index contributed by atoms with van der Waals surface area (Å²) in [4.78, 5) is 0. The van der Waals surface area contributed by atoms with Crippen molar-refractivity contribution in [3.63, 3.8) is 0 Å². The van der Waals surface area contributed by atoms with E-state index in [4.69, 9.17) is 44.3 Å². The molecule has 0 spiro atoms. The molecule has 0 saturated heterocycles. The van der Waals surface area contributed by atoms with Crippen molar-refractivity contribution in [3.05, 3.63) is 56.5 Å². The van der Waals surface area contributed by atoms with E-state index in [1.807, 2.05) is 19.9 Å². The quantitative estimate of drug-likeness (QED) is 0.626. The number of hydrogen-bond donors (Lipinski definition) is 2. The largest absolute Gasteiger partial charge is 0.493 e. The van der Waals surface area contributed by atoms with Gasteiger partial charge in [0.1, 0.15) is 6.61 Å². The SMILES string of the molecule is COc1cc(CNC(C)(C)CO)c(Cl)cc1OCc1c(Cl)cccc1Cl. The molecule has 26 heavy (non-hydrogen) atoms. The molecule has 0 heterocycles. The van der Waals surface area contributed by atoms with Crippen molar-refractivity contribution in [1.29, 1.82) is 0 Å². The van der Waals surface area contributed by atoms with Crippen molar-refractivity contribution in [2.24, 2.45) is 0 Å². The van der Waals surface area contributed by atoms with Gasteiger partial charge >= 0.3 is 0 Å². The molecule has 0 atom stereocenters. The molecule has 0 saturated carbocycles. The third-order valence-corrected chi connectivity index (χ3v) is 4.98. The molecule has 0 aromatic heterocycles. The highest BCUT2D eigenvalue weighted by Crippen LogP contribution is 2.35. The van der Waals surface area contributed by atoms with E-state index in [0.717, 1.165) is 5.56 Å². The first-order valence-corrected chi connectivity index (χ1v) is 9.19. The zero-order valence-electron chi connectivity index (χ0n) is 14.9. The van der Waals surface area contributed by atoms with E-state index in [-0.39, 0.29) is 13.2 Å². The molecule has 4 nitrogen and oxygen atoms in total. The number of nitrogens with one attached hydrogen (secondary N) is 1. The summed E-state index contributed by atoms with van der Waals surface area (Å²) in [5, 5.41) is 14.2. The lowest BCUT2D eigenvalue weighted by Crippen LogP contribution is -2.42. The first kappa shape index (κ1) is 21.1. The second-order valence-corrected chi connectivity index (χ2v) is 7.70. The fourth-order valence-electron chi connectivity index (χ4n) is 2.20. The van der Waals surface area contributed by atoms with Crippen molar-refractivity contribution in [1.82, 2.24) is 5.32 Å². The minimum absolute atomic E-state index is 0.0154. The molecule has 0 fully saturated rings. The van der Waals surface area contributed by atoms with E-state index in [0.29, 0.717) is 38.7 Å². The molecule has 7 heteroatoms. The van der Waals surface area contributed by atoms with Gasteiger partial charge in [0, 0.05) is 38.8 Å². The molecular formula is C19H22Cl3NO3. The maximum atomic E-state index is 9.35. The Kier molecular flexibility index (Phi) is 7.44. The van der Waals surface area contributed by atoms with E-state index >= 15 is 0 Å². The highest BCUT2D eigenvalue weighted by atomic mass is 35.5. The monoisotopic (exact) mass is 417 g/mol. The van der Waals surface area contributed by atoms with E-state index < -0.39 is 5.54 Å². The minimum atomic E-state index is -0.410. The first-order valence-electron chi connectivity index (χ1n) is 8.05. The Labute approximate surface area is 169 Å². The normalized spacial score (nSPS) is 11.5. The average Bonchev–Trinajstić information content (AvgIpc) is 2.60. The molecule has 0 radical (unpaired) electrons. The van der Waals surface area contributed by atoms with E-state index in [9.17, 15) is 5.11 Å². The summed E-state index contributed by atoms with van der Waals surface area (Å²) < 4.78 is 11.3. The van der Waals surface area contributed by atoms with Crippen molar-refractivity contribution in [2.75, 3.05) is 13.7 Å². The predicted octanol–water partition coefficient (Wildman–Crippen LogP) is 5.09. The topological polar surface area (TPSA) is 50.7 Å². The molecule has 2 rings (SSSR count). The maximum absolute atomic E-state index is 9.35. The van der Waals surface area contributed by atoms with Gasteiger partial charge in [-0.15, -0.1) is 0 Å². The summed E-state index contributed by atoms with van der Waals surface area (Å²) >= 11 is 18.7.